The van der Waals surface area contributed by atoms with Gasteiger partial charge in [-0.1, -0.05) is 12.1 Å². The van der Waals surface area contributed by atoms with Crippen LogP contribution in [0.3, 0.4) is 0 Å². The highest BCUT2D eigenvalue weighted by atomic mass is 32.2. The monoisotopic (exact) mass is 435 g/mol. The lowest BCUT2D eigenvalue weighted by Gasteiger charge is -2.06. The molecule has 31 heavy (non-hydrogen) atoms. The predicted molar refractivity (Wildman–Crippen MR) is 116 cm³/mol. The standard InChI is InChI=1S/C22H21N5O3S/c1-30-18-8-9-23-17(13-18)4-7-21-25-20-12-16(14-24-22(20)26-21)15-2-5-19(6-3-15)31(28,29)27-10-11-27/h2-3,5-6,8-9,12-14H,4,7,10-11H2,1H3,(H,24,25,26). The first-order valence-corrected chi connectivity index (χ1v) is 11.4. The van der Waals surface area contributed by atoms with Gasteiger partial charge >= 0.3 is 0 Å². The number of nitrogens with zero attached hydrogens (tertiary/aromatic N) is 4. The number of fused-ring (bicyclic) bond motifs is 1. The maximum absolute atomic E-state index is 12.3. The molecule has 0 unspecified atom stereocenters. The van der Waals surface area contributed by atoms with Gasteiger partial charge in [-0.3, -0.25) is 4.98 Å². The van der Waals surface area contributed by atoms with Gasteiger partial charge in [0.25, 0.3) is 0 Å². The van der Waals surface area contributed by atoms with E-state index >= 15 is 0 Å². The molecule has 3 aromatic heterocycles. The minimum absolute atomic E-state index is 0.317. The van der Waals surface area contributed by atoms with Crippen LogP contribution >= 0.6 is 0 Å². The first-order valence-electron chi connectivity index (χ1n) is 9.97. The van der Waals surface area contributed by atoms with Crippen LogP contribution in [0.5, 0.6) is 5.75 Å². The predicted octanol–water partition coefficient (Wildman–Crippen LogP) is 2.82. The molecule has 1 aliphatic heterocycles. The van der Waals surface area contributed by atoms with Gasteiger partial charge in [-0.2, -0.15) is 4.31 Å². The number of aromatic nitrogens is 4. The summed E-state index contributed by atoms with van der Waals surface area (Å²) in [5.41, 5.74) is 4.22. The molecule has 1 aromatic carbocycles. The maximum atomic E-state index is 12.3. The molecule has 0 atom stereocenters. The Morgan fingerprint density at radius 3 is 2.58 bits per heavy atom. The van der Waals surface area contributed by atoms with E-state index in [1.165, 1.54) is 4.31 Å². The quantitative estimate of drug-likeness (QED) is 0.448. The Morgan fingerprint density at radius 1 is 1.03 bits per heavy atom. The van der Waals surface area contributed by atoms with Crippen LogP contribution in [-0.2, 0) is 22.9 Å². The highest BCUT2D eigenvalue weighted by molar-refractivity contribution is 7.89. The summed E-state index contributed by atoms with van der Waals surface area (Å²) >= 11 is 0. The Balaban J connectivity index is 1.34. The van der Waals surface area contributed by atoms with Crippen LogP contribution < -0.4 is 4.74 Å². The van der Waals surface area contributed by atoms with Crippen LogP contribution in [0.25, 0.3) is 22.3 Å². The molecule has 8 nitrogen and oxygen atoms in total. The van der Waals surface area contributed by atoms with Crippen molar-refractivity contribution in [3.63, 3.8) is 0 Å². The molecule has 0 bridgehead atoms. The molecule has 0 aliphatic carbocycles. The lowest BCUT2D eigenvalue weighted by atomic mass is 10.1. The third-order valence-corrected chi connectivity index (χ3v) is 7.17. The fourth-order valence-electron chi connectivity index (χ4n) is 3.44. The van der Waals surface area contributed by atoms with E-state index in [4.69, 9.17) is 4.74 Å². The van der Waals surface area contributed by atoms with Gasteiger partial charge in [-0.05, 0) is 36.2 Å². The Bertz CT molecular complexity index is 1350. The molecule has 9 heteroatoms. The summed E-state index contributed by atoms with van der Waals surface area (Å²) in [5.74, 6) is 1.62. The number of ether oxygens (including phenoxy) is 1. The van der Waals surface area contributed by atoms with Crippen LogP contribution in [0, 0.1) is 0 Å². The van der Waals surface area contributed by atoms with Crippen molar-refractivity contribution in [2.45, 2.75) is 17.7 Å². The molecule has 1 saturated heterocycles. The van der Waals surface area contributed by atoms with Crippen molar-refractivity contribution in [1.29, 1.82) is 0 Å². The number of benzene rings is 1. The summed E-state index contributed by atoms with van der Waals surface area (Å²) in [6.07, 6.45) is 4.93. The first kappa shape index (κ1) is 19.7. The minimum atomic E-state index is -3.34. The average molecular weight is 436 g/mol. The van der Waals surface area contributed by atoms with Crippen LogP contribution in [0.1, 0.15) is 11.5 Å². The second-order valence-corrected chi connectivity index (χ2v) is 9.33. The summed E-state index contributed by atoms with van der Waals surface area (Å²) in [5, 5.41) is 0. The molecule has 0 saturated carbocycles. The lowest BCUT2D eigenvalue weighted by Crippen LogP contribution is -2.11. The van der Waals surface area contributed by atoms with E-state index in [9.17, 15) is 8.42 Å². The lowest BCUT2D eigenvalue weighted by molar-refractivity contribution is 0.413. The zero-order chi connectivity index (χ0) is 21.4. The highest BCUT2D eigenvalue weighted by Crippen LogP contribution is 2.26. The molecule has 158 valence electrons. The smallest absolute Gasteiger partial charge is 0.243 e. The summed E-state index contributed by atoms with van der Waals surface area (Å²) in [7, 11) is -1.70. The van der Waals surface area contributed by atoms with Crippen molar-refractivity contribution in [1.82, 2.24) is 24.2 Å². The average Bonchev–Trinajstić information content (AvgIpc) is 3.58. The van der Waals surface area contributed by atoms with Crippen molar-refractivity contribution in [3.8, 4) is 16.9 Å². The number of H-pyrrole nitrogens is 1. The van der Waals surface area contributed by atoms with Crippen LogP contribution in [0.2, 0.25) is 0 Å². The van der Waals surface area contributed by atoms with Crippen molar-refractivity contribution in [2.24, 2.45) is 0 Å². The molecular weight excluding hydrogens is 414 g/mol. The van der Waals surface area contributed by atoms with Crippen LogP contribution in [-0.4, -0.2) is 52.9 Å². The summed E-state index contributed by atoms with van der Waals surface area (Å²) < 4.78 is 31.3. The van der Waals surface area contributed by atoms with Gasteiger partial charge in [0.1, 0.15) is 11.6 Å². The number of nitrogens with one attached hydrogen (secondary N) is 1. The minimum Gasteiger partial charge on any atom is -0.497 e. The van der Waals surface area contributed by atoms with Crippen molar-refractivity contribution < 1.29 is 13.2 Å². The number of rotatable bonds is 7. The zero-order valence-corrected chi connectivity index (χ0v) is 17.8. The largest absolute Gasteiger partial charge is 0.497 e. The van der Waals surface area contributed by atoms with Gasteiger partial charge in [0.2, 0.25) is 10.0 Å². The fraction of sp³-hybridized carbons (Fsp3) is 0.227. The summed E-state index contributed by atoms with van der Waals surface area (Å²) in [6, 6.07) is 12.6. The summed E-state index contributed by atoms with van der Waals surface area (Å²) in [4.78, 5) is 17.0. The number of methoxy groups -OCH3 is 1. The van der Waals surface area contributed by atoms with Crippen LogP contribution in [0.15, 0.2) is 59.8 Å². The molecule has 5 rings (SSSR count). The van der Waals surface area contributed by atoms with Gasteiger partial charge in [0.15, 0.2) is 5.65 Å². The van der Waals surface area contributed by atoms with E-state index < -0.39 is 10.0 Å². The fourth-order valence-corrected chi connectivity index (χ4v) is 4.78. The van der Waals surface area contributed by atoms with Crippen molar-refractivity contribution in [2.75, 3.05) is 20.2 Å². The molecule has 1 aliphatic rings. The molecule has 4 aromatic rings. The van der Waals surface area contributed by atoms with E-state index in [0.717, 1.165) is 40.3 Å². The first-order chi connectivity index (χ1) is 15.0. The zero-order valence-electron chi connectivity index (χ0n) is 16.9. The SMILES string of the molecule is COc1ccnc(CCc2nc3ncc(-c4ccc(S(=O)(=O)N5CC5)cc4)cc3[nH]2)c1. The number of aromatic amines is 1. The number of imidazole rings is 1. The number of aryl methyl sites for hydroxylation is 2. The second-order valence-electron chi connectivity index (χ2n) is 7.39. The van der Waals surface area contributed by atoms with Gasteiger partial charge < -0.3 is 9.72 Å². The molecular formula is C22H21N5O3S. The Morgan fingerprint density at radius 2 is 1.84 bits per heavy atom. The van der Waals surface area contributed by atoms with Crippen LogP contribution in [0.4, 0.5) is 0 Å². The van der Waals surface area contributed by atoms with E-state index in [0.29, 0.717) is 30.1 Å². The third-order valence-electron chi connectivity index (χ3n) is 5.26. The Hall–Kier alpha value is -3.30. The normalized spacial score (nSPS) is 14.1. The van der Waals surface area contributed by atoms with E-state index in [1.807, 2.05) is 30.3 Å². The van der Waals surface area contributed by atoms with Gasteiger partial charge in [0, 0.05) is 49.2 Å². The van der Waals surface area contributed by atoms with Gasteiger partial charge in [-0.25, -0.2) is 18.4 Å². The molecule has 0 spiro atoms. The van der Waals surface area contributed by atoms with E-state index in [-0.39, 0.29) is 0 Å². The Kier molecular flexibility index (Phi) is 4.91. The second kappa shape index (κ2) is 7.75. The molecule has 1 N–H and O–H groups in total. The number of hydrogen-bond acceptors (Lipinski definition) is 6. The topological polar surface area (TPSA) is 101 Å². The number of pyridine rings is 2. The van der Waals surface area contributed by atoms with Gasteiger partial charge in [-0.15, -0.1) is 0 Å². The number of sulfonamides is 1. The Labute approximate surface area is 180 Å². The van der Waals surface area contributed by atoms with E-state index in [1.54, 1.807) is 31.6 Å². The number of hydrogen-bond donors (Lipinski definition) is 1. The molecule has 4 heterocycles. The molecule has 1 fully saturated rings. The maximum Gasteiger partial charge on any atom is 0.243 e. The summed E-state index contributed by atoms with van der Waals surface area (Å²) in [6.45, 7) is 1.20. The third kappa shape index (κ3) is 4.01. The molecule has 0 radical (unpaired) electrons. The van der Waals surface area contributed by atoms with Gasteiger partial charge in [0.05, 0.1) is 17.5 Å². The van der Waals surface area contributed by atoms with Crippen molar-refractivity contribution in [3.05, 3.63) is 66.4 Å². The van der Waals surface area contributed by atoms with Crippen molar-refractivity contribution >= 4 is 21.2 Å². The molecule has 0 amide bonds. The van der Waals surface area contributed by atoms with E-state index in [2.05, 4.69) is 19.9 Å². The highest BCUT2D eigenvalue weighted by Gasteiger charge is 2.33.